The predicted molar refractivity (Wildman–Crippen MR) is 56.5 cm³/mol. The lowest BCUT2D eigenvalue weighted by atomic mass is 10.3. The third kappa shape index (κ3) is 2.07. The van der Waals surface area contributed by atoms with Gasteiger partial charge >= 0.3 is 0 Å². The molecule has 2 aromatic rings. The van der Waals surface area contributed by atoms with Crippen LogP contribution in [0.2, 0.25) is 0 Å². The summed E-state index contributed by atoms with van der Waals surface area (Å²) in [5, 5.41) is 3.22. The van der Waals surface area contributed by atoms with Crippen molar-refractivity contribution in [3.05, 3.63) is 48.5 Å². The highest BCUT2D eigenvalue weighted by Gasteiger charge is 1.94. The van der Waals surface area contributed by atoms with Crippen molar-refractivity contribution in [3.63, 3.8) is 0 Å². The fourth-order valence-corrected chi connectivity index (χ4v) is 1.23. The van der Waals surface area contributed by atoms with E-state index < -0.39 is 0 Å². The van der Waals surface area contributed by atoms with E-state index in [0.717, 1.165) is 16.9 Å². The average Bonchev–Trinajstić information content (AvgIpc) is 2.19. The van der Waals surface area contributed by atoms with Gasteiger partial charge in [0.15, 0.2) is 0 Å². The second-order valence-electron chi connectivity index (χ2n) is 3.12. The summed E-state index contributed by atoms with van der Waals surface area (Å²) in [5.41, 5.74) is 3.09. The van der Waals surface area contributed by atoms with Crippen LogP contribution in [0.4, 0.5) is 11.4 Å². The van der Waals surface area contributed by atoms with Crippen LogP contribution >= 0.6 is 0 Å². The molecule has 0 aromatic carbocycles. The van der Waals surface area contributed by atoms with Crippen LogP contribution in [0.3, 0.4) is 0 Å². The molecule has 0 saturated carbocycles. The van der Waals surface area contributed by atoms with Gasteiger partial charge in [0.2, 0.25) is 0 Å². The number of aromatic nitrogens is 2. The second kappa shape index (κ2) is 3.87. The molecule has 2 rings (SSSR count). The highest BCUT2D eigenvalue weighted by Crippen LogP contribution is 2.14. The summed E-state index contributed by atoms with van der Waals surface area (Å²) in [4.78, 5) is 8.12. The molecule has 1 N–H and O–H groups in total. The molecule has 0 unspecified atom stereocenters. The van der Waals surface area contributed by atoms with Crippen LogP contribution < -0.4 is 5.32 Å². The van der Waals surface area contributed by atoms with Crippen molar-refractivity contribution < 1.29 is 0 Å². The predicted octanol–water partition coefficient (Wildman–Crippen LogP) is 2.53. The fourth-order valence-electron chi connectivity index (χ4n) is 1.23. The first kappa shape index (κ1) is 8.69. The Bertz CT molecular complexity index is 412. The van der Waals surface area contributed by atoms with E-state index in [2.05, 4.69) is 15.3 Å². The van der Waals surface area contributed by atoms with Crippen LogP contribution in [0.15, 0.2) is 43.0 Å². The van der Waals surface area contributed by atoms with E-state index in [1.807, 2.05) is 31.3 Å². The minimum atomic E-state index is 0.972. The molecule has 0 spiro atoms. The van der Waals surface area contributed by atoms with Crippen LogP contribution in [-0.2, 0) is 0 Å². The maximum absolute atomic E-state index is 4.10. The Morgan fingerprint density at radius 1 is 1.07 bits per heavy atom. The van der Waals surface area contributed by atoms with E-state index in [-0.39, 0.29) is 0 Å². The van der Waals surface area contributed by atoms with Crippen molar-refractivity contribution in [1.29, 1.82) is 0 Å². The number of pyridine rings is 2. The molecule has 0 atom stereocenters. The van der Waals surface area contributed by atoms with Gasteiger partial charge in [-0.15, -0.1) is 0 Å². The Morgan fingerprint density at radius 2 is 1.93 bits per heavy atom. The van der Waals surface area contributed by atoms with Gasteiger partial charge < -0.3 is 5.32 Å². The Kier molecular flexibility index (Phi) is 2.40. The molecular formula is C11H11N3. The van der Waals surface area contributed by atoms with Crippen LogP contribution in [0.5, 0.6) is 0 Å². The number of aryl methyl sites for hydroxylation is 1. The largest absolute Gasteiger partial charge is 0.353 e. The molecule has 0 aliphatic rings. The lowest BCUT2D eigenvalue weighted by molar-refractivity contribution is 1.26. The smallest absolute Gasteiger partial charge is 0.0573 e. The van der Waals surface area contributed by atoms with Gasteiger partial charge in [0, 0.05) is 12.4 Å². The first-order chi connectivity index (χ1) is 6.84. The van der Waals surface area contributed by atoms with Crippen molar-refractivity contribution in [3.8, 4) is 0 Å². The van der Waals surface area contributed by atoms with Gasteiger partial charge in [-0.3, -0.25) is 9.97 Å². The minimum Gasteiger partial charge on any atom is -0.353 e. The number of nitrogens with one attached hydrogen (secondary N) is 1. The highest BCUT2D eigenvalue weighted by molar-refractivity contribution is 5.57. The van der Waals surface area contributed by atoms with Crippen LogP contribution in [-0.4, -0.2) is 9.97 Å². The van der Waals surface area contributed by atoms with Gasteiger partial charge in [0.1, 0.15) is 0 Å². The van der Waals surface area contributed by atoms with Gasteiger partial charge in [0.25, 0.3) is 0 Å². The normalized spacial score (nSPS) is 9.79. The zero-order valence-electron chi connectivity index (χ0n) is 7.94. The van der Waals surface area contributed by atoms with Crippen molar-refractivity contribution in [2.24, 2.45) is 0 Å². The molecule has 3 heteroatoms. The van der Waals surface area contributed by atoms with Crippen molar-refractivity contribution in [2.75, 3.05) is 5.32 Å². The summed E-state index contributed by atoms with van der Waals surface area (Å²) in [5.74, 6) is 0. The number of nitrogens with zero attached hydrogens (tertiary/aromatic N) is 2. The van der Waals surface area contributed by atoms with Crippen molar-refractivity contribution >= 4 is 11.4 Å². The maximum atomic E-state index is 4.10. The van der Waals surface area contributed by atoms with E-state index in [9.17, 15) is 0 Å². The van der Waals surface area contributed by atoms with Crippen LogP contribution in [0.1, 0.15) is 5.56 Å². The molecule has 0 bridgehead atoms. The Labute approximate surface area is 82.8 Å². The van der Waals surface area contributed by atoms with Gasteiger partial charge in [-0.25, -0.2) is 0 Å². The van der Waals surface area contributed by atoms with E-state index >= 15 is 0 Å². The van der Waals surface area contributed by atoms with E-state index in [1.54, 1.807) is 18.6 Å². The SMILES string of the molecule is Cc1cncc(Nc2cccnc2)c1. The molecule has 14 heavy (non-hydrogen) atoms. The Morgan fingerprint density at radius 3 is 2.64 bits per heavy atom. The third-order valence-electron chi connectivity index (χ3n) is 1.83. The molecular weight excluding hydrogens is 174 g/mol. The van der Waals surface area contributed by atoms with Crippen LogP contribution in [0.25, 0.3) is 0 Å². The molecule has 2 aromatic heterocycles. The van der Waals surface area contributed by atoms with Crippen molar-refractivity contribution in [1.82, 2.24) is 9.97 Å². The first-order valence-electron chi connectivity index (χ1n) is 4.43. The summed E-state index contributed by atoms with van der Waals surface area (Å²) in [6.07, 6.45) is 7.15. The van der Waals surface area contributed by atoms with E-state index in [1.165, 1.54) is 0 Å². The van der Waals surface area contributed by atoms with Gasteiger partial charge in [-0.05, 0) is 30.7 Å². The molecule has 0 fully saturated rings. The summed E-state index contributed by atoms with van der Waals surface area (Å²) in [6, 6.07) is 5.90. The summed E-state index contributed by atoms with van der Waals surface area (Å²) >= 11 is 0. The number of rotatable bonds is 2. The topological polar surface area (TPSA) is 37.8 Å². The zero-order chi connectivity index (χ0) is 9.80. The fraction of sp³-hybridized carbons (Fsp3) is 0.0909. The highest BCUT2D eigenvalue weighted by atomic mass is 14.9. The molecule has 0 saturated heterocycles. The summed E-state index contributed by atoms with van der Waals surface area (Å²) in [7, 11) is 0. The lowest BCUT2D eigenvalue weighted by Gasteiger charge is -2.05. The zero-order valence-corrected chi connectivity index (χ0v) is 7.94. The Balaban J connectivity index is 2.19. The Hall–Kier alpha value is -1.90. The number of hydrogen-bond acceptors (Lipinski definition) is 3. The monoisotopic (exact) mass is 185 g/mol. The quantitative estimate of drug-likeness (QED) is 0.781. The summed E-state index contributed by atoms with van der Waals surface area (Å²) < 4.78 is 0. The van der Waals surface area contributed by atoms with Crippen molar-refractivity contribution in [2.45, 2.75) is 6.92 Å². The van der Waals surface area contributed by atoms with Gasteiger partial charge in [0.05, 0.1) is 23.8 Å². The average molecular weight is 185 g/mol. The molecule has 0 aliphatic carbocycles. The number of hydrogen-bond donors (Lipinski definition) is 1. The lowest BCUT2D eigenvalue weighted by Crippen LogP contribution is -1.91. The molecule has 70 valence electrons. The standard InChI is InChI=1S/C11H11N3/c1-9-5-11(8-13-6-9)14-10-3-2-4-12-7-10/h2-8,14H,1H3. The van der Waals surface area contributed by atoms with E-state index in [4.69, 9.17) is 0 Å². The number of anilines is 2. The molecule has 0 amide bonds. The molecule has 0 radical (unpaired) electrons. The molecule has 2 heterocycles. The van der Waals surface area contributed by atoms with Crippen LogP contribution in [0, 0.1) is 6.92 Å². The van der Waals surface area contributed by atoms with E-state index in [0.29, 0.717) is 0 Å². The van der Waals surface area contributed by atoms with Gasteiger partial charge in [-0.1, -0.05) is 0 Å². The molecule has 3 nitrogen and oxygen atoms in total. The van der Waals surface area contributed by atoms with Gasteiger partial charge in [-0.2, -0.15) is 0 Å². The molecule has 0 aliphatic heterocycles. The minimum absolute atomic E-state index is 0.972. The third-order valence-corrected chi connectivity index (χ3v) is 1.83. The second-order valence-corrected chi connectivity index (χ2v) is 3.12. The first-order valence-corrected chi connectivity index (χ1v) is 4.43. The maximum Gasteiger partial charge on any atom is 0.0573 e. The summed E-state index contributed by atoms with van der Waals surface area (Å²) in [6.45, 7) is 2.02.